The van der Waals surface area contributed by atoms with Crippen molar-refractivity contribution in [2.45, 2.75) is 111 Å². The number of rotatable bonds is 10. The van der Waals surface area contributed by atoms with Crippen LogP contribution in [0.1, 0.15) is 105 Å². The first kappa shape index (κ1) is 39.1. The Morgan fingerprint density at radius 1 is 0.857 bits per heavy atom. The van der Waals surface area contributed by atoms with Gasteiger partial charge in [-0.2, -0.15) is 0 Å². The normalized spacial score (nSPS) is 23.1. The van der Waals surface area contributed by atoms with E-state index in [0.717, 1.165) is 50.2 Å². The number of hydrogen-bond donors (Lipinski definition) is 1. The maximum Gasteiger partial charge on any atom is 0.0214 e. The second-order valence-electron chi connectivity index (χ2n) is 14.8. The van der Waals surface area contributed by atoms with Gasteiger partial charge in [-0.1, -0.05) is 113 Å². The van der Waals surface area contributed by atoms with E-state index < -0.39 is 0 Å². The molecule has 4 aliphatic carbocycles. The zero-order valence-electron chi connectivity index (χ0n) is 31.9. The first-order valence-corrected chi connectivity index (χ1v) is 20.1. The summed E-state index contributed by atoms with van der Waals surface area (Å²) in [5, 5.41) is 3.75. The third-order valence-corrected chi connectivity index (χ3v) is 11.3. The van der Waals surface area contributed by atoms with Gasteiger partial charge in [0.15, 0.2) is 0 Å². The standard InChI is InChI=1S/C22H36N2.C22H27N.C2H6/c1-3-21-15-20(8-6-7-18(21)2)17-23-16-19-11-13-24(14-12-19)22-9-4-5-10-22;1-19-14-16-23(17-15-19)18-22(20-10-6-2-3-7-11-20)21-12-8-4-5-9-13-21;1-2/h6-7,15,19,22-23H,3-5,8-14,16-17H2,1-2H3;2-4,6,8-13,19,22H,7,14-18H2,1H3;1-2H3. The summed E-state index contributed by atoms with van der Waals surface area (Å²) >= 11 is 0. The average molecular weight is 664 g/mol. The van der Waals surface area contributed by atoms with Gasteiger partial charge in [0.2, 0.25) is 0 Å². The van der Waals surface area contributed by atoms with Crippen molar-refractivity contribution in [1.29, 1.82) is 0 Å². The lowest BCUT2D eigenvalue weighted by atomic mass is 9.87. The average Bonchev–Trinajstić information content (AvgIpc) is 3.28. The van der Waals surface area contributed by atoms with Gasteiger partial charge in [0.1, 0.15) is 0 Å². The summed E-state index contributed by atoms with van der Waals surface area (Å²) in [5.41, 5.74) is 10.5. The van der Waals surface area contributed by atoms with Gasteiger partial charge in [0, 0.05) is 25.0 Å². The van der Waals surface area contributed by atoms with E-state index in [9.17, 15) is 0 Å². The predicted molar refractivity (Wildman–Crippen MR) is 215 cm³/mol. The Kier molecular flexibility index (Phi) is 17.7. The summed E-state index contributed by atoms with van der Waals surface area (Å²) in [6.07, 6.45) is 43.5. The fraction of sp³-hybridized carbons (Fsp3) is 0.587. The molecule has 1 saturated carbocycles. The van der Waals surface area contributed by atoms with Crippen LogP contribution in [0.2, 0.25) is 0 Å². The van der Waals surface area contributed by atoms with Gasteiger partial charge < -0.3 is 15.1 Å². The Morgan fingerprint density at radius 3 is 2.37 bits per heavy atom. The van der Waals surface area contributed by atoms with Crippen LogP contribution < -0.4 is 5.32 Å². The van der Waals surface area contributed by atoms with Gasteiger partial charge in [-0.15, -0.1) is 5.73 Å². The predicted octanol–water partition coefficient (Wildman–Crippen LogP) is 10.9. The minimum atomic E-state index is 0.445. The van der Waals surface area contributed by atoms with Crippen LogP contribution in [0.4, 0.5) is 0 Å². The SMILES string of the molecule is CC.CC1CCN(CC(C2=CC=C=CC=C2)C2=CCC=CC=C2)CC1.CCC1=C(C)C=CCC(CNCC2CCN(C3CCCC3)CC2)=C1. The zero-order valence-corrected chi connectivity index (χ0v) is 31.9. The maximum atomic E-state index is 3.75. The Hall–Kier alpha value is -2.68. The fourth-order valence-corrected chi connectivity index (χ4v) is 8.11. The second-order valence-corrected chi connectivity index (χ2v) is 14.8. The molecule has 1 atom stereocenters. The molecule has 0 spiro atoms. The Bertz CT molecular complexity index is 1300. The first-order valence-electron chi connectivity index (χ1n) is 20.1. The van der Waals surface area contributed by atoms with Crippen molar-refractivity contribution in [3.63, 3.8) is 0 Å². The molecule has 1 unspecified atom stereocenters. The summed E-state index contributed by atoms with van der Waals surface area (Å²) in [6, 6.07) is 0.921. The minimum Gasteiger partial charge on any atom is -0.313 e. The number of likely N-dealkylation sites (tertiary alicyclic amines) is 2. The van der Waals surface area contributed by atoms with E-state index in [0.29, 0.717) is 5.92 Å². The van der Waals surface area contributed by atoms with Crippen LogP contribution in [0.3, 0.4) is 0 Å². The Labute approximate surface area is 301 Å². The molecule has 3 heteroatoms. The van der Waals surface area contributed by atoms with Crippen LogP contribution in [0, 0.1) is 17.8 Å². The molecule has 0 aromatic rings. The Balaban J connectivity index is 0.000000210. The summed E-state index contributed by atoms with van der Waals surface area (Å²) in [7, 11) is 0. The van der Waals surface area contributed by atoms with Crippen molar-refractivity contribution >= 4 is 0 Å². The van der Waals surface area contributed by atoms with Crippen LogP contribution in [-0.2, 0) is 0 Å². The van der Waals surface area contributed by atoms with E-state index in [-0.39, 0.29) is 0 Å². The van der Waals surface area contributed by atoms with Crippen molar-refractivity contribution < 1.29 is 0 Å². The lowest BCUT2D eigenvalue weighted by Crippen LogP contribution is -2.42. The van der Waals surface area contributed by atoms with E-state index in [1.54, 1.807) is 5.57 Å². The summed E-state index contributed by atoms with van der Waals surface area (Å²) in [5.74, 6) is 2.21. The zero-order chi connectivity index (χ0) is 34.7. The minimum absolute atomic E-state index is 0.445. The largest absolute Gasteiger partial charge is 0.313 e. The fourth-order valence-electron chi connectivity index (χ4n) is 8.11. The summed E-state index contributed by atoms with van der Waals surface area (Å²) in [4.78, 5) is 5.43. The molecule has 3 fully saturated rings. The molecule has 0 radical (unpaired) electrons. The van der Waals surface area contributed by atoms with E-state index in [2.05, 4.69) is 108 Å². The molecule has 0 bridgehead atoms. The highest BCUT2D eigenvalue weighted by molar-refractivity contribution is 5.41. The quantitative estimate of drug-likeness (QED) is 0.235. The van der Waals surface area contributed by atoms with Gasteiger partial charge in [-0.05, 0) is 144 Å². The number of hydrogen-bond acceptors (Lipinski definition) is 3. The highest BCUT2D eigenvalue weighted by Gasteiger charge is 2.27. The second kappa shape index (κ2) is 22.2. The third kappa shape index (κ3) is 13.2. The van der Waals surface area contributed by atoms with Crippen molar-refractivity contribution in [3.8, 4) is 0 Å². The molecule has 0 amide bonds. The molecule has 0 aromatic heterocycles. The van der Waals surface area contributed by atoms with Gasteiger partial charge >= 0.3 is 0 Å². The van der Waals surface area contributed by atoms with E-state index >= 15 is 0 Å². The molecule has 268 valence electrons. The lowest BCUT2D eigenvalue weighted by molar-refractivity contribution is 0.133. The van der Waals surface area contributed by atoms with Gasteiger partial charge in [0.05, 0.1) is 0 Å². The van der Waals surface area contributed by atoms with Crippen LogP contribution in [0.5, 0.6) is 0 Å². The smallest absolute Gasteiger partial charge is 0.0214 e. The molecule has 6 aliphatic rings. The van der Waals surface area contributed by atoms with Gasteiger partial charge in [0.25, 0.3) is 0 Å². The molecule has 3 nitrogen and oxygen atoms in total. The highest BCUT2D eigenvalue weighted by atomic mass is 15.2. The van der Waals surface area contributed by atoms with Crippen LogP contribution in [0.25, 0.3) is 0 Å². The molecule has 1 N–H and O–H groups in total. The molecule has 2 saturated heterocycles. The summed E-state index contributed by atoms with van der Waals surface area (Å²) in [6.45, 7) is 19.4. The van der Waals surface area contributed by atoms with Crippen molar-refractivity contribution in [2.75, 3.05) is 45.8 Å². The third-order valence-electron chi connectivity index (χ3n) is 11.3. The van der Waals surface area contributed by atoms with Gasteiger partial charge in [-0.25, -0.2) is 0 Å². The number of allylic oxidation sites excluding steroid dienone is 14. The monoisotopic (exact) mass is 664 g/mol. The molecular weight excluding hydrogens is 595 g/mol. The lowest BCUT2D eigenvalue weighted by Gasteiger charge is -2.36. The molecule has 2 aliphatic heterocycles. The maximum absolute atomic E-state index is 3.75. The molecule has 0 aromatic carbocycles. The van der Waals surface area contributed by atoms with E-state index in [4.69, 9.17) is 0 Å². The van der Waals surface area contributed by atoms with Crippen LogP contribution >= 0.6 is 0 Å². The number of nitrogens with zero attached hydrogens (tertiary/aromatic N) is 2. The molecule has 49 heavy (non-hydrogen) atoms. The van der Waals surface area contributed by atoms with Crippen LogP contribution in [-0.4, -0.2) is 61.7 Å². The first-order chi connectivity index (χ1) is 24.1. The number of piperidine rings is 2. The van der Waals surface area contributed by atoms with Crippen molar-refractivity contribution in [2.24, 2.45) is 17.8 Å². The van der Waals surface area contributed by atoms with E-state index in [1.165, 1.54) is 106 Å². The molecule has 6 rings (SSSR count). The van der Waals surface area contributed by atoms with Crippen molar-refractivity contribution in [3.05, 3.63) is 113 Å². The highest BCUT2D eigenvalue weighted by Crippen LogP contribution is 2.30. The van der Waals surface area contributed by atoms with Crippen LogP contribution in [0.15, 0.2) is 113 Å². The van der Waals surface area contributed by atoms with Crippen molar-refractivity contribution in [1.82, 2.24) is 15.1 Å². The molecular formula is C46H69N3. The van der Waals surface area contributed by atoms with E-state index in [1.807, 2.05) is 26.0 Å². The molecule has 2 heterocycles. The topological polar surface area (TPSA) is 18.5 Å². The Morgan fingerprint density at radius 2 is 1.61 bits per heavy atom. The number of nitrogens with one attached hydrogen (secondary N) is 1. The summed E-state index contributed by atoms with van der Waals surface area (Å²) < 4.78 is 0. The van der Waals surface area contributed by atoms with Gasteiger partial charge in [-0.3, -0.25) is 0 Å².